The lowest BCUT2D eigenvalue weighted by Crippen LogP contribution is -3.00. The smallest absolute Gasteiger partial charge is 0.316 e. The van der Waals surface area contributed by atoms with Crippen LogP contribution in [-0.4, -0.2) is 63.5 Å². The van der Waals surface area contributed by atoms with E-state index in [9.17, 15) is 9.90 Å². The summed E-state index contributed by atoms with van der Waals surface area (Å²) in [6, 6.07) is 32.2. The Balaban J connectivity index is 0.000000208. The summed E-state index contributed by atoms with van der Waals surface area (Å²) in [5.74, 6) is 2.08. The highest BCUT2D eigenvalue weighted by atomic mass is 79.9. The zero-order chi connectivity index (χ0) is 32.3. The lowest BCUT2D eigenvalue weighted by molar-refractivity contribution is -0.650. The minimum absolute atomic E-state index is 0. The molecule has 4 aromatic rings. The Kier molecular flexibility index (Phi) is 14.0. The maximum absolute atomic E-state index is 12.6. The molecule has 6 nitrogen and oxygen atoms in total. The molecule has 4 aromatic carbocycles. The molecule has 252 valence electrons. The lowest BCUT2D eigenvalue weighted by atomic mass is 10.0. The van der Waals surface area contributed by atoms with Crippen LogP contribution >= 0.6 is 72.4 Å². The molecule has 0 radical (unpaired) electrons. The molecule has 0 spiro atoms. The van der Waals surface area contributed by atoms with Crippen LogP contribution in [-0.2, 0) is 5.72 Å². The first-order valence-corrected chi connectivity index (χ1v) is 18.7. The first-order valence-electron chi connectivity index (χ1n) is 15.1. The third-order valence-corrected chi connectivity index (χ3v) is 11.2. The number of hydrogen-bond acceptors (Lipinski definition) is 7. The van der Waals surface area contributed by atoms with E-state index in [2.05, 4.69) is 77.5 Å². The zero-order valence-corrected chi connectivity index (χ0v) is 34.6. The molecule has 1 N–H and O–H groups in total. The lowest BCUT2D eigenvalue weighted by Gasteiger charge is -2.23. The number of carbonyl (C=O) groups is 1. The summed E-state index contributed by atoms with van der Waals surface area (Å²) in [6.07, 6.45) is 0. The van der Waals surface area contributed by atoms with Crippen molar-refractivity contribution in [3.05, 3.63) is 128 Å². The SMILES string of the molecule is Br.Cc1ccc(C(=O)CN(C2=NCCS2)c2ccc(Br)cc2)cc1.Cc1ccc(C2(O)CN(c3ccc(Br)cc3)C3=[N+]2CCS3)cc1.[Br-]. The summed E-state index contributed by atoms with van der Waals surface area (Å²) in [5, 5.41) is 13.5. The monoisotopic (exact) mass is 936 g/mol. The number of aryl methyl sites for hydroxylation is 2. The van der Waals surface area contributed by atoms with Gasteiger partial charge in [0.1, 0.15) is 5.69 Å². The number of halogens is 4. The Morgan fingerprint density at radius 3 is 2.04 bits per heavy atom. The van der Waals surface area contributed by atoms with E-state index in [4.69, 9.17) is 0 Å². The fourth-order valence-corrected chi connectivity index (χ4v) is 8.17. The van der Waals surface area contributed by atoms with Gasteiger partial charge in [0.2, 0.25) is 0 Å². The quantitative estimate of drug-likeness (QED) is 0.199. The Bertz CT molecular complexity index is 1770. The third kappa shape index (κ3) is 8.86. The van der Waals surface area contributed by atoms with E-state index in [1.807, 2.05) is 96.4 Å². The minimum Gasteiger partial charge on any atom is -1.00 e. The van der Waals surface area contributed by atoms with Crippen LogP contribution in [0, 0.1) is 13.8 Å². The van der Waals surface area contributed by atoms with Gasteiger partial charge in [-0.05, 0) is 74.1 Å². The number of rotatable bonds is 6. The maximum atomic E-state index is 12.6. The fourth-order valence-electron chi connectivity index (χ4n) is 5.58. The number of Topliss-reactive ketones (excluding diaryl/α,β-unsaturated/α-hetero) is 1. The summed E-state index contributed by atoms with van der Waals surface area (Å²) >= 11 is 10.5. The third-order valence-electron chi connectivity index (χ3n) is 8.10. The number of β-amino-alcohol motifs (C(OH)–C–C–N with tert-alkyl or cyclic N) is 1. The molecule has 0 bridgehead atoms. The van der Waals surface area contributed by atoms with Crippen LogP contribution in [0.4, 0.5) is 11.4 Å². The standard InChI is InChI=1S/C18H18BrN2OS.C18H17BrN2OS.2BrH/c1-13-2-4-14(5-3-13)18(22)12-20(17-21(18)10-11-23-17)16-8-6-15(19)7-9-16;1-13-2-4-14(5-3-13)17(22)12-21(18-20-10-11-23-18)16-8-6-15(19)7-9-16;;/h2-9,22H,10-12H2,1H3;2-9H,10-12H2,1H3;2*1H/q+1;;;/p-1. The van der Waals surface area contributed by atoms with Crippen molar-refractivity contribution in [2.75, 3.05) is 47.5 Å². The van der Waals surface area contributed by atoms with E-state index in [1.54, 1.807) is 11.8 Å². The van der Waals surface area contributed by atoms with Crippen molar-refractivity contribution in [1.82, 2.24) is 0 Å². The number of anilines is 2. The zero-order valence-electron chi connectivity index (χ0n) is 26.5. The summed E-state index contributed by atoms with van der Waals surface area (Å²) < 4.78 is 4.23. The van der Waals surface area contributed by atoms with Crippen molar-refractivity contribution in [1.29, 1.82) is 0 Å². The van der Waals surface area contributed by atoms with Gasteiger partial charge in [0.05, 0.1) is 19.6 Å². The molecule has 48 heavy (non-hydrogen) atoms. The van der Waals surface area contributed by atoms with Gasteiger partial charge in [0.25, 0.3) is 5.72 Å². The number of benzene rings is 4. The van der Waals surface area contributed by atoms with Crippen molar-refractivity contribution in [2.24, 2.45) is 4.99 Å². The number of hydrogen-bond donors (Lipinski definition) is 1. The molecule has 12 heteroatoms. The largest absolute Gasteiger partial charge is 1.00 e. The molecule has 0 saturated heterocycles. The summed E-state index contributed by atoms with van der Waals surface area (Å²) in [4.78, 5) is 21.4. The molecule has 3 aliphatic rings. The maximum Gasteiger partial charge on any atom is 0.316 e. The second-order valence-corrected chi connectivity index (χ2v) is 15.3. The number of nitrogens with zero attached hydrogens (tertiary/aromatic N) is 4. The average molecular weight is 940 g/mol. The number of amidine groups is 2. The number of aliphatic imine (C=N–C) groups is 1. The minimum atomic E-state index is -0.959. The van der Waals surface area contributed by atoms with Crippen LogP contribution in [0.2, 0.25) is 0 Å². The second kappa shape index (κ2) is 17.3. The van der Waals surface area contributed by atoms with E-state index in [0.29, 0.717) is 13.1 Å². The van der Waals surface area contributed by atoms with Gasteiger partial charge in [-0.25, -0.2) is 9.48 Å². The molecule has 7 rings (SSSR count). The second-order valence-electron chi connectivity index (χ2n) is 11.4. The molecule has 0 amide bonds. The number of thioether (sulfide) groups is 2. The molecule has 3 aliphatic heterocycles. The van der Waals surface area contributed by atoms with Gasteiger partial charge in [-0.15, -0.1) is 17.0 Å². The normalized spacial score (nSPS) is 17.9. The fraction of sp³-hybridized carbons (Fsp3) is 0.250. The van der Waals surface area contributed by atoms with Gasteiger partial charge in [0.15, 0.2) is 17.5 Å². The molecule has 1 unspecified atom stereocenters. The van der Waals surface area contributed by atoms with E-state index in [0.717, 1.165) is 71.9 Å². The van der Waals surface area contributed by atoms with Crippen LogP contribution in [0.15, 0.2) is 111 Å². The van der Waals surface area contributed by atoms with Crippen molar-refractivity contribution in [3.63, 3.8) is 0 Å². The van der Waals surface area contributed by atoms with E-state index in [1.165, 1.54) is 5.56 Å². The van der Waals surface area contributed by atoms with E-state index in [-0.39, 0.29) is 39.7 Å². The first kappa shape index (κ1) is 38.9. The summed E-state index contributed by atoms with van der Waals surface area (Å²) in [7, 11) is 0. The Morgan fingerprint density at radius 1 is 0.875 bits per heavy atom. The van der Waals surface area contributed by atoms with Crippen LogP contribution < -0.4 is 26.8 Å². The Hall–Kier alpha value is -1.93. The van der Waals surface area contributed by atoms with Gasteiger partial charge in [-0.3, -0.25) is 9.79 Å². The van der Waals surface area contributed by atoms with E-state index >= 15 is 0 Å². The van der Waals surface area contributed by atoms with Gasteiger partial charge in [0, 0.05) is 37.3 Å². The highest BCUT2D eigenvalue weighted by Gasteiger charge is 2.54. The highest BCUT2D eigenvalue weighted by Crippen LogP contribution is 2.38. The van der Waals surface area contributed by atoms with E-state index < -0.39 is 5.72 Å². The predicted octanol–water partition coefficient (Wildman–Crippen LogP) is 5.67. The number of aliphatic hydroxyl groups is 1. The predicted molar refractivity (Wildman–Crippen MR) is 211 cm³/mol. The molecule has 3 heterocycles. The van der Waals surface area contributed by atoms with Crippen molar-refractivity contribution >= 4 is 99.9 Å². The molecule has 0 aromatic heterocycles. The van der Waals surface area contributed by atoms with Crippen molar-refractivity contribution < 1.29 is 31.5 Å². The van der Waals surface area contributed by atoms with Gasteiger partial charge < -0.3 is 27.0 Å². The van der Waals surface area contributed by atoms with Crippen LogP contribution in [0.5, 0.6) is 0 Å². The van der Waals surface area contributed by atoms with Gasteiger partial charge in [-0.1, -0.05) is 103 Å². The van der Waals surface area contributed by atoms with Gasteiger partial charge in [-0.2, -0.15) is 0 Å². The molecule has 0 saturated carbocycles. The summed E-state index contributed by atoms with van der Waals surface area (Å²) in [6.45, 7) is 6.63. The summed E-state index contributed by atoms with van der Waals surface area (Å²) in [5.41, 5.74) is 5.21. The number of carbonyl (C=O) groups excluding carboxylic acids is 1. The van der Waals surface area contributed by atoms with Gasteiger partial charge >= 0.3 is 5.17 Å². The van der Waals surface area contributed by atoms with Crippen LogP contribution in [0.1, 0.15) is 27.0 Å². The van der Waals surface area contributed by atoms with Crippen LogP contribution in [0.3, 0.4) is 0 Å². The molecule has 1 atom stereocenters. The van der Waals surface area contributed by atoms with Crippen molar-refractivity contribution in [3.8, 4) is 0 Å². The first-order chi connectivity index (χ1) is 22.2. The number of ketones is 1. The highest BCUT2D eigenvalue weighted by molar-refractivity contribution is 9.10. The molecular formula is C36H36Br4N4O2S2. The topological polar surface area (TPSA) is 59.2 Å². The molecule has 0 aliphatic carbocycles. The Morgan fingerprint density at radius 2 is 1.46 bits per heavy atom. The molecular weight excluding hydrogens is 904 g/mol. The Labute approximate surface area is 328 Å². The average Bonchev–Trinajstić information content (AvgIpc) is 3.82. The molecule has 0 fully saturated rings. The van der Waals surface area contributed by atoms with Crippen LogP contribution in [0.25, 0.3) is 0 Å². The van der Waals surface area contributed by atoms with Crippen molar-refractivity contribution in [2.45, 2.75) is 19.6 Å².